The lowest BCUT2D eigenvalue weighted by atomic mass is 9.97. The minimum atomic E-state index is -0.0960. The van der Waals surface area contributed by atoms with Crippen LogP contribution in [0, 0.1) is 22.7 Å². The average molecular weight is 535 g/mol. The van der Waals surface area contributed by atoms with Crippen molar-refractivity contribution >= 4 is 34.7 Å². The van der Waals surface area contributed by atoms with Crippen LogP contribution in [0.1, 0.15) is 16.8 Å². The fourth-order valence-electron chi connectivity index (χ4n) is 3.41. The topological polar surface area (TPSA) is 112 Å². The number of aromatic nitrogens is 2. The molecule has 180 valence electrons. The zero-order valence-corrected chi connectivity index (χ0v) is 21.5. The first-order valence-corrected chi connectivity index (χ1v) is 12.9. The van der Waals surface area contributed by atoms with E-state index < -0.39 is 0 Å². The zero-order chi connectivity index (χ0) is 25.5. The van der Waals surface area contributed by atoms with E-state index >= 15 is 0 Å². The van der Waals surface area contributed by atoms with Crippen LogP contribution in [0.5, 0.6) is 11.6 Å². The Balaban J connectivity index is 1.66. The molecule has 4 rings (SSSR count). The molecule has 7 nitrogen and oxygen atoms in total. The maximum atomic E-state index is 10.1. The van der Waals surface area contributed by atoms with Crippen LogP contribution >= 0.6 is 34.7 Å². The van der Waals surface area contributed by atoms with Crippen molar-refractivity contribution in [3.63, 3.8) is 0 Å². The molecule has 0 saturated heterocycles. The Kier molecular flexibility index (Phi) is 8.42. The molecule has 0 amide bonds. The number of nitrogens with zero attached hydrogens (tertiary/aromatic N) is 4. The van der Waals surface area contributed by atoms with Crippen molar-refractivity contribution in [3.8, 4) is 45.5 Å². The number of halogens is 1. The van der Waals surface area contributed by atoms with Crippen LogP contribution in [0.15, 0.2) is 58.9 Å². The maximum absolute atomic E-state index is 10.1. The standard InChI is InChI=1S/C26H19ClN4O3S2/c1-33-24-21(12-28)23(16-4-8-20(9-5-16)34-11-10-32)22(13-29)26(31-24)36-15-19-14-35-25(30-19)17-2-6-18(27)7-3-17/h2-9,14,32H,10-11,15H2,1H3. The van der Waals surface area contributed by atoms with Crippen LogP contribution < -0.4 is 9.47 Å². The Hall–Kier alpha value is -3.60. The monoisotopic (exact) mass is 534 g/mol. The lowest BCUT2D eigenvalue weighted by molar-refractivity contribution is 0.201. The van der Waals surface area contributed by atoms with E-state index in [4.69, 9.17) is 31.2 Å². The molecule has 2 heterocycles. The van der Waals surface area contributed by atoms with Crippen molar-refractivity contribution in [2.45, 2.75) is 10.8 Å². The van der Waals surface area contributed by atoms with Gasteiger partial charge in [0.1, 0.15) is 40.1 Å². The van der Waals surface area contributed by atoms with Crippen molar-refractivity contribution in [3.05, 3.63) is 75.8 Å². The summed E-state index contributed by atoms with van der Waals surface area (Å²) in [7, 11) is 1.44. The number of methoxy groups -OCH3 is 1. The Morgan fingerprint density at radius 1 is 1.00 bits per heavy atom. The molecule has 4 aromatic rings. The Morgan fingerprint density at radius 2 is 1.69 bits per heavy atom. The lowest BCUT2D eigenvalue weighted by Gasteiger charge is -2.14. The molecule has 1 N–H and O–H groups in total. The van der Waals surface area contributed by atoms with Crippen molar-refractivity contribution in [1.29, 1.82) is 10.5 Å². The number of hydrogen-bond acceptors (Lipinski definition) is 9. The highest BCUT2D eigenvalue weighted by Crippen LogP contribution is 2.39. The first-order valence-electron chi connectivity index (χ1n) is 10.7. The van der Waals surface area contributed by atoms with Crippen LogP contribution in [0.25, 0.3) is 21.7 Å². The number of aliphatic hydroxyl groups excluding tert-OH is 1. The van der Waals surface area contributed by atoms with Gasteiger partial charge in [-0.25, -0.2) is 9.97 Å². The summed E-state index contributed by atoms with van der Waals surface area (Å²) in [5.74, 6) is 1.20. The second kappa shape index (κ2) is 11.9. The summed E-state index contributed by atoms with van der Waals surface area (Å²) in [5.41, 5.74) is 3.39. The van der Waals surface area contributed by atoms with Crippen LogP contribution in [0.2, 0.25) is 5.02 Å². The van der Waals surface area contributed by atoms with Gasteiger partial charge in [0, 0.05) is 27.3 Å². The number of thioether (sulfide) groups is 1. The molecular formula is C26H19ClN4O3S2. The average Bonchev–Trinajstić information content (AvgIpc) is 3.39. The molecule has 0 fully saturated rings. The van der Waals surface area contributed by atoms with Gasteiger partial charge < -0.3 is 14.6 Å². The normalized spacial score (nSPS) is 10.5. The number of rotatable bonds is 9. The number of aliphatic hydroxyl groups is 1. The number of pyridine rings is 1. The fraction of sp³-hybridized carbons (Fsp3) is 0.154. The molecule has 0 aliphatic rings. The van der Waals surface area contributed by atoms with Crippen molar-refractivity contribution in [2.24, 2.45) is 0 Å². The Labute approximate surface area is 221 Å². The van der Waals surface area contributed by atoms with E-state index in [0.717, 1.165) is 16.3 Å². The third-order valence-corrected chi connectivity index (χ3v) is 7.25. The molecule has 0 unspecified atom stereocenters. The highest BCUT2D eigenvalue weighted by atomic mass is 35.5. The van der Waals surface area contributed by atoms with E-state index in [-0.39, 0.29) is 30.2 Å². The van der Waals surface area contributed by atoms with Gasteiger partial charge in [0.25, 0.3) is 0 Å². The number of thiazole rings is 1. The molecule has 0 saturated carbocycles. The maximum Gasteiger partial charge on any atom is 0.233 e. The molecule has 0 aliphatic heterocycles. The number of hydrogen-bond donors (Lipinski definition) is 1. The summed E-state index contributed by atoms with van der Waals surface area (Å²) >= 11 is 8.86. The Bertz CT molecular complexity index is 1440. The minimum absolute atomic E-state index is 0.0960. The minimum Gasteiger partial charge on any atom is -0.491 e. The molecule has 10 heteroatoms. The molecule has 0 spiro atoms. The third kappa shape index (κ3) is 5.62. The van der Waals surface area contributed by atoms with Gasteiger partial charge in [0.05, 0.1) is 25.0 Å². The predicted octanol–water partition coefficient (Wildman–Crippen LogP) is 5.94. The zero-order valence-electron chi connectivity index (χ0n) is 19.1. The summed E-state index contributed by atoms with van der Waals surface area (Å²) in [6.45, 7) is 0.0771. The smallest absolute Gasteiger partial charge is 0.233 e. The molecule has 2 aromatic carbocycles. The Morgan fingerprint density at radius 3 is 2.33 bits per heavy atom. The molecule has 0 bridgehead atoms. The van der Waals surface area contributed by atoms with E-state index in [1.165, 1.54) is 30.2 Å². The highest BCUT2D eigenvalue weighted by molar-refractivity contribution is 7.98. The first-order chi connectivity index (χ1) is 17.6. The first kappa shape index (κ1) is 25.5. The van der Waals surface area contributed by atoms with Crippen molar-refractivity contribution in [1.82, 2.24) is 9.97 Å². The number of nitriles is 2. The van der Waals surface area contributed by atoms with Crippen molar-refractivity contribution < 1.29 is 14.6 Å². The second-order valence-electron chi connectivity index (χ2n) is 7.31. The van der Waals surface area contributed by atoms with Crippen LogP contribution in [0.3, 0.4) is 0 Å². The largest absolute Gasteiger partial charge is 0.491 e. The quantitative estimate of drug-likeness (QED) is 0.262. The molecule has 0 aliphatic carbocycles. The predicted molar refractivity (Wildman–Crippen MR) is 140 cm³/mol. The van der Waals surface area contributed by atoms with Gasteiger partial charge in [-0.2, -0.15) is 10.5 Å². The van der Waals surface area contributed by atoms with Crippen LogP contribution in [-0.2, 0) is 5.75 Å². The lowest BCUT2D eigenvalue weighted by Crippen LogP contribution is -2.03. The van der Waals surface area contributed by atoms with Gasteiger partial charge in [-0.05, 0) is 29.8 Å². The van der Waals surface area contributed by atoms with Gasteiger partial charge in [-0.15, -0.1) is 11.3 Å². The van der Waals surface area contributed by atoms with E-state index in [2.05, 4.69) is 17.1 Å². The van der Waals surface area contributed by atoms with Crippen molar-refractivity contribution in [2.75, 3.05) is 20.3 Å². The van der Waals surface area contributed by atoms with Gasteiger partial charge in [0.2, 0.25) is 5.88 Å². The summed E-state index contributed by atoms with van der Waals surface area (Å²) in [6, 6.07) is 18.8. The van der Waals surface area contributed by atoms with Gasteiger partial charge in [-0.3, -0.25) is 0 Å². The van der Waals surface area contributed by atoms with Crippen LogP contribution in [-0.4, -0.2) is 35.4 Å². The summed E-state index contributed by atoms with van der Waals surface area (Å²) in [4.78, 5) is 9.17. The third-order valence-electron chi connectivity index (χ3n) is 5.05. The second-order valence-corrected chi connectivity index (χ2v) is 9.57. The molecule has 0 atom stereocenters. The summed E-state index contributed by atoms with van der Waals surface area (Å²) < 4.78 is 10.8. The number of benzene rings is 2. The SMILES string of the molecule is COc1nc(SCc2csc(-c3ccc(Cl)cc3)n2)c(C#N)c(-c2ccc(OCCO)cc2)c1C#N. The summed E-state index contributed by atoms with van der Waals surface area (Å²) in [5, 5.41) is 32.8. The highest BCUT2D eigenvalue weighted by Gasteiger charge is 2.22. The van der Waals surface area contributed by atoms with Crippen LogP contribution in [0.4, 0.5) is 0 Å². The van der Waals surface area contributed by atoms with E-state index in [9.17, 15) is 10.5 Å². The summed E-state index contributed by atoms with van der Waals surface area (Å²) in [6.07, 6.45) is 0. The fourth-order valence-corrected chi connectivity index (χ4v) is 5.34. The van der Waals surface area contributed by atoms with E-state index in [1.807, 2.05) is 29.6 Å². The van der Waals surface area contributed by atoms with Gasteiger partial charge in [-0.1, -0.05) is 47.6 Å². The molecule has 2 aromatic heterocycles. The molecule has 0 radical (unpaired) electrons. The number of ether oxygens (including phenoxy) is 2. The molecule has 36 heavy (non-hydrogen) atoms. The van der Waals surface area contributed by atoms with Gasteiger partial charge >= 0.3 is 0 Å². The van der Waals surface area contributed by atoms with E-state index in [0.29, 0.717) is 32.7 Å². The van der Waals surface area contributed by atoms with E-state index in [1.54, 1.807) is 24.3 Å². The molecular weight excluding hydrogens is 516 g/mol. The van der Waals surface area contributed by atoms with Gasteiger partial charge in [0.15, 0.2) is 0 Å².